The maximum Gasteiger partial charge on any atom is 0.254 e. The third kappa shape index (κ3) is 4.06. The molecule has 1 atom stereocenters. The molecule has 0 aliphatic carbocycles. The second kappa shape index (κ2) is 8.62. The van der Waals surface area contributed by atoms with Crippen LogP contribution in [-0.4, -0.2) is 62.1 Å². The Hall–Kier alpha value is -3.63. The number of fused-ring (bicyclic) bond motifs is 1. The second-order valence-electron chi connectivity index (χ2n) is 8.10. The highest BCUT2D eigenvalue weighted by Gasteiger charge is 2.22. The summed E-state index contributed by atoms with van der Waals surface area (Å²) >= 11 is 0. The summed E-state index contributed by atoms with van der Waals surface area (Å²) < 4.78 is 41.9. The van der Waals surface area contributed by atoms with E-state index in [4.69, 9.17) is 9.52 Å². The van der Waals surface area contributed by atoms with Gasteiger partial charge in [0.25, 0.3) is 5.91 Å². The summed E-state index contributed by atoms with van der Waals surface area (Å²) in [4.78, 5) is 23.9. The van der Waals surface area contributed by atoms with Gasteiger partial charge in [0.2, 0.25) is 5.95 Å². The minimum Gasteiger partial charge on any atom is -0.378 e. The standard InChI is InChI=1S/C24H22FN5O3S/c1-34(26,32)22-15-30(24-27-13-17(14-28-24)18-4-2-3-5-20(18)25)21-12-16(6-7-19(21)22)23(31)29-8-10-33-11-9-29/h2-7,12-15,26H,8-11H2,1H3. The van der Waals surface area contributed by atoms with Crippen LogP contribution >= 0.6 is 0 Å². The molecule has 1 aliphatic heterocycles. The van der Waals surface area contributed by atoms with Crippen LogP contribution in [0.1, 0.15) is 10.4 Å². The van der Waals surface area contributed by atoms with Crippen molar-refractivity contribution in [1.29, 1.82) is 4.78 Å². The van der Waals surface area contributed by atoms with Crippen molar-refractivity contribution in [2.75, 3.05) is 32.6 Å². The van der Waals surface area contributed by atoms with Crippen LogP contribution in [-0.2, 0) is 14.5 Å². The fourth-order valence-corrected chi connectivity index (χ4v) is 4.93. The molecule has 2 aromatic carbocycles. The van der Waals surface area contributed by atoms with Crippen molar-refractivity contribution in [3.05, 3.63) is 72.4 Å². The van der Waals surface area contributed by atoms with E-state index in [2.05, 4.69) is 9.97 Å². The number of morpholine rings is 1. The molecule has 10 heteroatoms. The number of hydrogen-bond acceptors (Lipinski definition) is 6. The lowest BCUT2D eigenvalue weighted by molar-refractivity contribution is 0.0303. The van der Waals surface area contributed by atoms with Crippen LogP contribution in [0.25, 0.3) is 28.0 Å². The number of hydrogen-bond donors (Lipinski definition) is 1. The molecule has 1 unspecified atom stereocenters. The van der Waals surface area contributed by atoms with Crippen LogP contribution in [0, 0.1) is 10.6 Å². The Kier molecular flexibility index (Phi) is 5.62. The molecule has 5 rings (SSSR count). The molecule has 1 aliphatic rings. The number of halogens is 1. The van der Waals surface area contributed by atoms with Crippen molar-refractivity contribution in [1.82, 2.24) is 19.4 Å². The number of ether oxygens (including phenoxy) is 1. The number of benzene rings is 2. The Bertz CT molecular complexity index is 1490. The summed E-state index contributed by atoms with van der Waals surface area (Å²) in [6, 6.07) is 11.5. The van der Waals surface area contributed by atoms with E-state index in [1.54, 1.807) is 52.1 Å². The van der Waals surface area contributed by atoms with Gasteiger partial charge in [0.1, 0.15) is 5.82 Å². The van der Waals surface area contributed by atoms with Crippen molar-refractivity contribution < 1.29 is 18.1 Å². The average Bonchev–Trinajstić information content (AvgIpc) is 3.24. The van der Waals surface area contributed by atoms with Crippen LogP contribution in [0.4, 0.5) is 4.39 Å². The second-order valence-corrected chi connectivity index (χ2v) is 10.2. The number of amides is 1. The van der Waals surface area contributed by atoms with E-state index >= 15 is 0 Å². The minimum absolute atomic E-state index is 0.126. The molecule has 2 aromatic heterocycles. The minimum atomic E-state index is -3.06. The third-order valence-corrected chi connectivity index (χ3v) is 6.94. The van der Waals surface area contributed by atoms with Crippen molar-refractivity contribution in [3.63, 3.8) is 0 Å². The first-order valence-corrected chi connectivity index (χ1v) is 12.6. The van der Waals surface area contributed by atoms with Gasteiger partial charge in [-0.1, -0.05) is 24.3 Å². The Balaban J connectivity index is 1.61. The van der Waals surface area contributed by atoms with Crippen molar-refractivity contribution in [3.8, 4) is 17.1 Å². The predicted molar refractivity (Wildman–Crippen MR) is 126 cm³/mol. The molecule has 4 aromatic rings. The molecule has 1 amide bonds. The molecule has 174 valence electrons. The van der Waals surface area contributed by atoms with Gasteiger partial charge in [-0.25, -0.2) is 23.3 Å². The van der Waals surface area contributed by atoms with Crippen molar-refractivity contribution in [2.24, 2.45) is 0 Å². The van der Waals surface area contributed by atoms with E-state index in [-0.39, 0.29) is 17.7 Å². The maximum atomic E-state index is 14.2. The first-order chi connectivity index (χ1) is 16.3. The highest BCUT2D eigenvalue weighted by Crippen LogP contribution is 2.29. The number of carbonyl (C=O) groups is 1. The fraction of sp³-hybridized carbons (Fsp3) is 0.208. The van der Waals surface area contributed by atoms with Gasteiger partial charge in [0.15, 0.2) is 0 Å². The van der Waals surface area contributed by atoms with E-state index in [9.17, 15) is 13.4 Å². The first kappa shape index (κ1) is 22.2. The summed E-state index contributed by atoms with van der Waals surface area (Å²) in [6.45, 7) is 2.01. The van der Waals surface area contributed by atoms with E-state index in [1.807, 2.05) is 0 Å². The molecule has 1 saturated heterocycles. The van der Waals surface area contributed by atoms with Crippen LogP contribution in [0.3, 0.4) is 0 Å². The molecule has 3 heterocycles. The first-order valence-electron chi connectivity index (χ1n) is 10.7. The SMILES string of the molecule is CS(=N)(=O)c1cn(-c2ncc(-c3ccccc3F)cn2)c2cc(C(=O)N3CCOCC3)ccc12. The fourth-order valence-electron chi connectivity index (χ4n) is 4.03. The molecule has 34 heavy (non-hydrogen) atoms. The molecule has 0 spiro atoms. The molecule has 0 radical (unpaired) electrons. The Morgan fingerprint density at radius 3 is 2.50 bits per heavy atom. The van der Waals surface area contributed by atoms with E-state index < -0.39 is 9.73 Å². The molecular weight excluding hydrogens is 457 g/mol. The summed E-state index contributed by atoms with van der Waals surface area (Å²) in [6.07, 6.45) is 5.94. The van der Waals surface area contributed by atoms with Gasteiger partial charge in [-0.15, -0.1) is 0 Å². The third-order valence-electron chi connectivity index (χ3n) is 5.77. The molecular formula is C24H22FN5O3S. The quantitative estimate of drug-likeness (QED) is 0.481. The zero-order valence-corrected chi connectivity index (χ0v) is 19.2. The zero-order valence-electron chi connectivity index (χ0n) is 18.4. The topological polar surface area (TPSA) is 101 Å². The van der Waals surface area contributed by atoms with Gasteiger partial charge >= 0.3 is 0 Å². The van der Waals surface area contributed by atoms with Gasteiger partial charge in [-0.3, -0.25) is 9.36 Å². The highest BCUT2D eigenvalue weighted by molar-refractivity contribution is 7.92. The van der Waals surface area contributed by atoms with Crippen molar-refractivity contribution in [2.45, 2.75) is 4.90 Å². The number of aromatic nitrogens is 3. The lowest BCUT2D eigenvalue weighted by Crippen LogP contribution is -2.40. The van der Waals surface area contributed by atoms with Crippen molar-refractivity contribution >= 4 is 26.5 Å². The largest absolute Gasteiger partial charge is 0.378 e. The lowest BCUT2D eigenvalue weighted by atomic mass is 10.1. The van der Waals surface area contributed by atoms with E-state index in [0.29, 0.717) is 58.8 Å². The molecule has 0 bridgehead atoms. The summed E-state index contributed by atoms with van der Waals surface area (Å²) in [7, 11) is -3.06. The van der Waals surface area contributed by atoms with Gasteiger partial charge in [-0.05, 0) is 18.2 Å². The number of nitrogens with zero attached hydrogens (tertiary/aromatic N) is 4. The zero-order chi connectivity index (χ0) is 23.9. The Labute approximate surface area is 196 Å². The lowest BCUT2D eigenvalue weighted by Gasteiger charge is -2.26. The number of nitrogens with one attached hydrogen (secondary N) is 1. The maximum absolute atomic E-state index is 14.2. The van der Waals surface area contributed by atoms with Gasteiger partial charge in [-0.2, -0.15) is 0 Å². The Morgan fingerprint density at radius 1 is 1.12 bits per heavy atom. The van der Waals surface area contributed by atoms with E-state index in [1.165, 1.54) is 24.7 Å². The smallest absolute Gasteiger partial charge is 0.254 e. The molecule has 0 saturated carbocycles. The number of carbonyl (C=O) groups excluding carboxylic acids is 1. The van der Waals surface area contributed by atoms with Crippen LogP contribution in [0.5, 0.6) is 0 Å². The van der Waals surface area contributed by atoms with Crippen LogP contribution in [0.15, 0.2) is 66.0 Å². The monoisotopic (exact) mass is 479 g/mol. The molecule has 1 N–H and O–H groups in total. The Morgan fingerprint density at radius 2 is 1.82 bits per heavy atom. The molecule has 8 nitrogen and oxygen atoms in total. The van der Waals surface area contributed by atoms with Gasteiger partial charge in [0, 0.05) is 60.0 Å². The predicted octanol–water partition coefficient (Wildman–Crippen LogP) is 3.73. The highest BCUT2D eigenvalue weighted by atomic mass is 32.2. The summed E-state index contributed by atoms with van der Waals surface area (Å²) in [5, 5.41) is 0.586. The molecule has 1 fully saturated rings. The van der Waals surface area contributed by atoms with Crippen LogP contribution < -0.4 is 0 Å². The number of rotatable bonds is 4. The van der Waals surface area contributed by atoms with E-state index in [0.717, 1.165) is 0 Å². The summed E-state index contributed by atoms with van der Waals surface area (Å²) in [5.41, 5.74) is 1.93. The van der Waals surface area contributed by atoms with Crippen LogP contribution in [0.2, 0.25) is 0 Å². The average molecular weight is 480 g/mol. The van der Waals surface area contributed by atoms with Gasteiger partial charge < -0.3 is 9.64 Å². The summed E-state index contributed by atoms with van der Waals surface area (Å²) in [5.74, 6) is -0.242. The van der Waals surface area contributed by atoms with Gasteiger partial charge in [0.05, 0.1) is 33.4 Å². The normalized spacial score (nSPS) is 15.9.